The summed E-state index contributed by atoms with van der Waals surface area (Å²) in [7, 11) is 1.89. The van der Waals surface area contributed by atoms with E-state index in [4.69, 9.17) is 10.5 Å². The maximum absolute atomic E-state index is 5.80. The number of aromatic nitrogens is 3. The molecule has 0 aliphatic heterocycles. The lowest BCUT2D eigenvalue weighted by molar-refractivity contribution is 0.298. The molecular formula is C13H15BrN4O. The first-order chi connectivity index (χ1) is 9.19. The van der Waals surface area contributed by atoms with E-state index in [2.05, 4.69) is 26.0 Å². The molecule has 2 aromatic heterocycles. The first-order valence-corrected chi connectivity index (χ1v) is 7.03. The summed E-state index contributed by atoms with van der Waals surface area (Å²) in [4.78, 5) is 4.60. The van der Waals surface area contributed by atoms with Crippen LogP contribution >= 0.6 is 15.9 Å². The zero-order valence-electron chi connectivity index (χ0n) is 10.6. The van der Waals surface area contributed by atoms with Crippen LogP contribution in [0.4, 0.5) is 0 Å². The molecule has 1 fully saturated rings. The zero-order chi connectivity index (χ0) is 13.4. The molecule has 0 aromatic carbocycles. The Labute approximate surface area is 119 Å². The van der Waals surface area contributed by atoms with Crippen LogP contribution in [0.15, 0.2) is 22.8 Å². The molecule has 2 heterocycles. The van der Waals surface area contributed by atoms with E-state index in [1.807, 2.05) is 19.2 Å². The summed E-state index contributed by atoms with van der Waals surface area (Å²) in [6.07, 6.45) is 4.35. The molecule has 2 aromatic rings. The number of halogens is 1. The summed E-state index contributed by atoms with van der Waals surface area (Å²) >= 11 is 3.48. The number of rotatable bonds is 4. The molecular weight excluding hydrogens is 308 g/mol. The normalized spacial score (nSPS) is 14.7. The van der Waals surface area contributed by atoms with Crippen molar-refractivity contribution in [1.82, 2.24) is 14.8 Å². The Kier molecular flexibility index (Phi) is 3.28. The summed E-state index contributed by atoms with van der Waals surface area (Å²) in [6, 6.07) is 3.89. The van der Waals surface area contributed by atoms with E-state index >= 15 is 0 Å². The second kappa shape index (κ2) is 4.94. The van der Waals surface area contributed by atoms with Gasteiger partial charge in [-0.2, -0.15) is 5.10 Å². The smallest absolute Gasteiger partial charge is 0.142 e. The topological polar surface area (TPSA) is 66.0 Å². The van der Waals surface area contributed by atoms with Crippen molar-refractivity contribution in [3.05, 3.63) is 28.5 Å². The molecule has 0 radical (unpaired) electrons. The van der Waals surface area contributed by atoms with E-state index in [0.29, 0.717) is 12.6 Å². The molecule has 0 bridgehead atoms. The number of hydrogen-bond donors (Lipinski definition) is 1. The standard InChI is InChI=1S/C13H15BrN4O/c1-18-13(9(14)7-16-18)10-4-5-12(11(6-15)17-10)19-8-2-3-8/h4-5,7-8H,2-3,6,15H2,1H3. The molecule has 0 atom stereocenters. The van der Waals surface area contributed by atoms with Crippen LogP contribution < -0.4 is 10.5 Å². The van der Waals surface area contributed by atoms with Gasteiger partial charge in [0.05, 0.1) is 28.2 Å². The predicted molar refractivity (Wildman–Crippen MR) is 75.7 cm³/mol. The first-order valence-electron chi connectivity index (χ1n) is 6.23. The lowest BCUT2D eigenvalue weighted by atomic mass is 10.2. The molecule has 2 N–H and O–H groups in total. The van der Waals surface area contributed by atoms with Crippen molar-refractivity contribution in [1.29, 1.82) is 0 Å². The van der Waals surface area contributed by atoms with Gasteiger partial charge < -0.3 is 10.5 Å². The molecule has 5 nitrogen and oxygen atoms in total. The fourth-order valence-corrected chi connectivity index (χ4v) is 2.49. The number of hydrogen-bond acceptors (Lipinski definition) is 4. The highest BCUT2D eigenvalue weighted by Crippen LogP contribution is 2.31. The average molecular weight is 323 g/mol. The van der Waals surface area contributed by atoms with Crippen LogP contribution in [-0.4, -0.2) is 20.9 Å². The van der Waals surface area contributed by atoms with Crippen molar-refractivity contribution in [3.63, 3.8) is 0 Å². The SMILES string of the molecule is Cn1ncc(Br)c1-c1ccc(OC2CC2)c(CN)n1. The molecule has 6 heteroatoms. The van der Waals surface area contributed by atoms with Crippen molar-refractivity contribution in [2.24, 2.45) is 12.8 Å². The molecule has 0 amide bonds. The molecule has 1 aliphatic carbocycles. The maximum atomic E-state index is 5.80. The fraction of sp³-hybridized carbons (Fsp3) is 0.385. The molecule has 1 aliphatic rings. The minimum atomic E-state index is 0.349. The highest BCUT2D eigenvalue weighted by molar-refractivity contribution is 9.10. The Balaban J connectivity index is 1.99. The van der Waals surface area contributed by atoms with Crippen LogP contribution in [0.5, 0.6) is 5.75 Å². The third-order valence-electron chi connectivity index (χ3n) is 3.08. The summed E-state index contributed by atoms with van der Waals surface area (Å²) in [6.45, 7) is 0.366. The number of ether oxygens (including phenoxy) is 1. The van der Waals surface area contributed by atoms with Crippen molar-refractivity contribution in [2.45, 2.75) is 25.5 Å². The summed E-state index contributed by atoms with van der Waals surface area (Å²) in [5.41, 5.74) is 8.34. The molecule has 0 spiro atoms. The minimum absolute atomic E-state index is 0.349. The maximum Gasteiger partial charge on any atom is 0.142 e. The van der Waals surface area contributed by atoms with Crippen molar-refractivity contribution in [2.75, 3.05) is 0 Å². The zero-order valence-corrected chi connectivity index (χ0v) is 12.2. The summed E-state index contributed by atoms with van der Waals surface area (Å²) in [5, 5.41) is 4.20. The van der Waals surface area contributed by atoms with E-state index in [9.17, 15) is 0 Å². The third kappa shape index (κ3) is 2.50. The Morgan fingerprint density at radius 2 is 2.26 bits per heavy atom. The molecule has 0 unspecified atom stereocenters. The highest BCUT2D eigenvalue weighted by atomic mass is 79.9. The minimum Gasteiger partial charge on any atom is -0.488 e. The van der Waals surface area contributed by atoms with Crippen LogP contribution in [0, 0.1) is 0 Å². The predicted octanol–water partition coefficient (Wildman–Crippen LogP) is 2.24. The van der Waals surface area contributed by atoms with E-state index in [-0.39, 0.29) is 0 Å². The van der Waals surface area contributed by atoms with Gasteiger partial charge in [-0.25, -0.2) is 4.98 Å². The van der Waals surface area contributed by atoms with Crippen LogP contribution in [0.3, 0.4) is 0 Å². The Morgan fingerprint density at radius 1 is 1.47 bits per heavy atom. The Hall–Kier alpha value is -1.40. The van der Waals surface area contributed by atoms with Gasteiger partial charge in [-0.1, -0.05) is 0 Å². The van der Waals surface area contributed by atoms with Gasteiger partial charge in [0.25, 0.3) is 0 Å². The number of nitrogens with zero attached hydrogens (tertiary/aromatic N) is 3. The molecule has 1 saturated carbocycles. The van der Waals surface area contributed by atoms with Crippen LogP contribution in [-0.2, 0) is 13.6 Å². The van der Waals surface area contributed by atoms with Crippen molar-refractivity contribution < 1.29 is 4.74 Å². The molecule has 3 rings (SSSR count). The van der Waals surface area contributed by atoms with Gasteiger partial charge in [-0.15, -0.1) is 0 Å². The number of pyridine rings is 1. The lowest BCUT2D eigenvalue weighted by Crippen LogP contribution is -2.07. The molecule has 100 valence electrons. The van der Waals surface area contributed by atoms with E-state index in [1.165, 1.54) is 0 Å². The van der Waals surface area contributed by atoms with Gasteiger partial charge in [0, 0.05) is 13.6 Å². The number of nitrogens with two attached hydrogens (primary N) is 1. The quantitative estimate of drug-likeness (QED) is 0.937. The molecule has 0 saturated heterocycles. The largest absolute Gasteiger partial charge is 0.488 e. The van der Waals surface area contributed by atoms with E-state index in [1.54, 1.807) is 10.9 Å². The van der Waals surface area contributed by atoms with Gasteiger partial charge in [0.1, 0.15) is 11.4 Å². The monoisotopic (exact) mass is 322 g/mol. The van der Waals surface area contributed by atoms with Gasteiger partial charge in [-0.3, -0.25) is 4.68 Å². The third-order valence-corrected chi connectivity index (χ3v) is 3.66. The van der Waals surface area contributed by atoms with Crippen LogP contribution in [0.1, 0.15) is 18.5 Å². The molecule has 19 heavy (non-hydrogen) atoms. The number of aryl methyl sites for hydroxylation is 1. The van der Waals surface area contributed by atoms with Gasteiger partial charge >= 0.3 is 0 Å². The Morgan fingerprint density at radius 3 is 2.84 bits per heavy atom. The summed E-state index contributed by atoms with van der Waals surface area (Å²) < 4.78 is 8.51. The van der Waals surface area contributed by atoms with E-state index < -0.39 is 0 Å². The van der Waals surface area contributed by atoms with Crippen LogP contribution in [0.25, 0.3) is 11.4 Å². The Bertz CT molecular complexity index is 587. The van der Waals surface area contributed by atoms with Gasteiger partial charge in [-0.05, 0) is 40.9 Å². The second-order valence-electron chi connectivity index (χ2n) is 4.63. The van der Waals surface area contributed by atoms with Crippen molar-refractivity contribution >= 4 is 15.9 Å². The van der Waals surface area contributed by atoms with Crippen LogP contribution in [0.2, 0.25) is 0 Å². The first kappa shape index (κ1) is 12.6. The van der Waals surface area contributed by atoms with Gasteiger partial charge in [0.15, 0.2) is 0 Å². The second-order valence-corrected chi connectivity index (χ2v) is 5.48. The lowest BCUT2D eigenvalue weighted by Gasteiger charge is -2.11. The highest BCUT2D eigenvalue weighted by Gasteiger charge is 2.25. The summed E-state index contributed by atoms with van der Waals surface area (Å²) in [5.74, 6) is 0.798. The van der Waals surface area contributed by atoms with Crippen molar-refractivity contribution in [3.8, 4) is 17.1 Å². The fourth-order valence-electron chi connectivity index (χ4n) is 1.94. The average Bonchev–Trinajstić information content (AvgIpc) is 3.16. The van der Waals surface area contributed by atoms with Gasteiger partial charge in [0.2, 0.25) is 0 Å². The van der Waals surface area contributed by atoms with E-state index in [0.717, 1.165) is 40.1 Å².